The lowest BCUT2D eigenvalue weighted by atomic mass is 10.3. The standard InChI is InChI=1S/C13H11BrN2OS/c14-10-7-12(18-9-10)4-5-13(17)16-8-11-3-1-2-6-15-11/h1-7,9H,8H2,(H,16,17)/b5-4+. The summed E-state index contributed by atoms with van der Waals surface area (Å²) in [5, 5.41) is 4.76. The van der Waals surface area contributed by atoms with Gasteiger partial charge in [0.05, 0.1) is 12.2 Å². The van der Waals surface area contributed by atoms with Crippen LogP contribution in [0.4, 0.5) is 0 Å². The van der Waals surface area contributed by atoms with Crippen molar-refractivity contribution < 1.29 is 4.79 Å². The van der Waals surface area contributed by atoms with Gasteiger partial charge in [-0.1, -0.05) is 6.07 Å². The number of hydrogen-bond donors (Lipinski definition) is 1. The summed E-state index contributed by atoms with van der Waals surface area (Å²) in [6.45, 7) is 0.443. The maximum Gasteiger partial charge on any atom is 0.244 e. The van der Waals surface area contributed by atoms with E-state index in [9.17, 15) is 4.79 Å². The van der Waals surface area contributed by atoms with Crippen molar-refractivity contribution in [3.63, 3.8) is 0 Å². The molecule has 0 aliphatic heterocycles. The van der Waals surface area contributed by atoms with Crippen molar-refractivity contribution >= 4 is 39.2 Å². The summed E-state index contributed by atoms with van der Waals surface area (Å²) >= 11 is 4.95. The second kappa shape index (κ2) is 6.47. The number of rotatable bonds is 4. The van der Waals surface area contributed by atoms with Gasteiger partial charge in [-0.3, -0.25) is 9.78 Å². The first-order valence-corrected chi connectivity index (χ1v) is 7.01. The minimum atomic E-state index is -0.120. The Labute approximate surface area is 118 Å². The molecule has 3 nitrogen and oxygen atoms in total. The first-order chi connectivity index (χ1) is 8.74. The average Bonchev–Trinajstić information content (AvgIpc) is 2.81. The highest BCUT2D eigenvalue weighted by Crippen LogP contribution is 2.20. The number of carbonyl (C=O) groups is 1. The molecule has 2 aromatic rings. The van der Waals surface area contributed by atoms with E-state index in [0.717, 1.165) is 15.0 Å². The van der Waals surface area contributed by atoms with E-state index in [4.69, 9.17) is 0 Å². The van der Waals surface area contributed by atoms with Crippen molar-refractivity contribution in [2.24, 2.45) is 0 Å². The Hall–Kier alpha value is -1.46. The second-order valence-corrected chi connectivity index (χ2v) is 5.40. The summed E-state index contributed by atoms with van der Waals surface area (Å²) in [6.07, 6.45) is 5.03. The van der Waals surface area contributed by atoms with E-state index in [1.165, 1.54) is 6.08 Å². The SMILES string of the molecule is O=C(/C=C/c1cc(Br)cs1)NCc1ccccn1. The fourth-order valence-corrected chi connectivity index (χ4v) is 2.65. The minimum absolute atomic E-state index is 0.120. The highest BCUT2D eigenvalue weighted by molar-refractivity contribution is 9.10. The molecule has 18 heavy (non-hydrogen) atoms. The predicted molar refractivity (Wildman–Crippen MR) is 77.1 cm³/mol. The number of hydrogen-bond acceptors (Lipinski definition) is 3. The monoisotopic (exact) mass is 322 g/mol. The summed E-state index contributed by atoms with van der Waals surface area (Å²) in [5.74, 6) is -0.120. The van der Waals surface area contributed by atoms with Crippen LogP contribution in [0, 0.1) is 0 Å². The fraction of sp³-hybridized carbons (Fsp3) is 0.0769. The molecular formula is C13H11BrN2OS. The molecule has 0 unspecified atom stereocenters. The first kappa shape index (κ1) is 13.0. The van der Waals surface area contributed by atoms with Crippen LogP contribution in [0.15, 0.2) is 46.4 Å². The van der Waals surface area contributed by atoms with E-state index < -0.39 is 0 Å². The van der Waals surface area contributed by atoms with Crippen LogP contribution in [0.1, 0.15) is 10.6 Å². The summed E-state index contributed by atoms with van der Waals surface area (Å²) in [6, 6.07) is 7.58. The summed E-state index contributed by atoms with van der Waals surface area (Å²) in [5.41, 5.74) is 0.845. The third-order valence-corrected chi connectivity index (χ3v) is 3.82. The number of thiophene rings is 1. The Bertz CT molecular complexity index is 551. The molecule has 0 atom stereocenters. The number of aromatic nitrogens is 1. The van der Waals surface area contributed by atoms with Gasteiger partial charge in [0.25, 0.3) is 0 Å². The van der Waals surface area contributed by atoms with Crippen molar-refractivity contribution in [3.8, 4) is 0 Å². The maximum absolute atomic E-state index is 11.6. The highest BCUT2D eigenvalue weighted by atomic mass is 79.9. The summed E-state index contributed by atoms with van der Waals surface area (Å²) in [4.78, 5) is 16.7. The van der Waals surface area contributed by atoms with Gasteiger partial charge in [-0.2, -0.15) is 0 Å². The van der Waals surface area contributed by atoms with Crippen LogP contribution in [-0.2, 0) is 11.3 Å². The lowest BCUT2D eigenvalue weighted by Crippen LogP contribution is -2.20. The lowest BCUT2D eigenvalue weighted by molar-refractivity contribution is -0.116. The van der Waals surface area contributed by atoms with Crippen LogP contribution in [-0.4, -0.2) is 10.9 Å². The van der Waals surface area contributed by atoms with Crippen LogP contribution in [0.2, 0.25) is 0 Å². The Balaban J connectivity index is 1.84. The van der Waals surface area contributed by atoms with Gasteiger partial charge in [-0.25, -0.2) is 0 Å². The Kier molecular flexibility index (Phi) is 4.66. The molecule has 0 saturated heterocycles. The number of amides is 1. The summed E-state index contributed by atoms with van der Waals surface area (Å²) < 4.78 is 1.03. The maximum atomic E-state index is 11.6. The van der Waals surface area contributed by atoms with Gasteiger partial charge in [-0.05, 0) is 40.2 Å². The lowest BCUT2D eigenvalue weighted by Gasteiger charge is -2.00. The number of nitrogens with one attached hydrogen (secondary N) is 1. The minimum Gasteiger partial charge on any atom is -0.347 e. The molecule has 2 heterocycles. The first-order valence-electron chi connectivity index (χ1n) is 5.34. The van der Waals surface area contributed by atoms with Gasteiger partial charge >= 0.3 is 0 Å². The molecule has 0 bridgehead atoms. The molecule has 0 fully saturated rings. The third-order valence-electron chi connectivity index (χ3n) is 2.16. The average molecular weight is 323 g/mol. The Morgan fingerprint density at radius 3 is 3.06 bits per heavy atom. The van der Waals surface area contributed by atoms with Gasteiger partial charge in [0.1, 0.15) is 0 Å². The number of pyridine rings is 1. The quantitative estimate of drug-likeness (QED) is 0.878. The summed E-state index contributed by atoms with van der Waals surface area (Å²) in [7, 11) is 0. The van der Waals surface area contributed by atoms with Crippen molar-refractivity contribution in [3.05, 3.63) is 57.0 Å². The molecular weight excluding hydrogens is 312 g/mol. The van der Waals surface area contributed by atoms with Crippen molar-refractivity contribution in [2.45, 2.75) is 6.54 Å². The fourth-order valence-electron chi connectivity index (χ4n) is 1.31. The number of halogens is 1. The van der Waals surface area contributed by atoms with E-state index >= 15 is 0 Å². The highest BCUT2D eigenvalue weighted by Gasteiger charge is 1.98. The van der Waals surface area contributed by atoms with E-state index in [1.807, 2.05) is 29.6 Å². The van der Waals surface area contributed by atoms with Gasteiger partial charge in [-0.15, -0.1) is 11.3 Å². The number of carbonyl (C=O) groups excluding carboxylic acids is 1. The van der Waals surface area contributed by atoms with Crippen LogP contribution in [0.3, 0.4) is 0 Å². The zero-order chi connectivity index (χ0) is 12.8. The zero-order valence-electron chi connectivity index (χ0n) is 9.47. The van der Waals surface area contributed by atoms with E-state index in [1.54, 1.807) is 23.6 Å². The van der Waals surface area contributed by atoms with Crippen molar-refractivity contribution in [1.82, 2.24) is 10.3 Å². The topological polar surface area (TPSA) is 42.0 Å². The van der Waals surface area contributed by atoms with E-state index in [2.05, 4.69) is 26.2 Å². The molecule has 0 aromatic carbocycles. The molecule has 5 heteroatoms. The van der Waals surface area contributed by atoms with Gasteiger partial charge in [0.2, 0.25) is 5.91 Å². The molecule has 0 saturated carbocycles. The van der Waals surface area contributed by atoms with Crippen LogP contribution in [0.5, 0.6) is 0 Å². The third kappa shape index (κ3) is 4.09. The van der Waals surface area contributed by atoms with Crippen LogP contribution < -0.4 is 5.32 Å². The smallest absolute Gasteiger partial charge is 0.244 e. The Morgan fingerprint density at radius 2 is 2.39 bits per heavy atom. The number of nitrogens with zero attached hydrogens (tertiary/aromatic N) is 1. The zero-order valence-corrected chi connectivity index (χ0v) is 11.9. The van der Waals surface area contributed by atoms with Gasteiger partial charge in [0.15, 0.2) is 0 Å². The van der Waals surface area contributed by atoms with Crippen LogP contribution in [0.25, 0.3) is 6.08 Å². The molecule has 1 N–H and O–H groups in total. The largest absolute Gasteiger partial charge is 0.347 e. The van der Waals surface area contributed by atoms with Gasteiger partial charge in [0, 0.05) is 27.0 Å². The predicted octanol–water partition coefficient (Wildman–Crippen LogP) is 3.24. The molecule has 0 aliphatic rings. The molecule has 2 rings (SSSR count). The molecule has 92 valence electrons. The molecule has 0 radical (unpaired) electrons. The second-order valence-electron chi connectivity index (χ2n) is 3.54. The molecule has 1 amide bonds. The molecule has 0 aliphatic carbocycles. The Morgan fingerprint density at radius 1 is 1.50 bits per heavy atom. The van der Waals surface area contributed by atoms with E-state index in [-0.39, 0.29) is 5.91 Å². The van der Waals surface area contributed by atoms with Crippen LogP contribution >= 0.6 is 27.3 Å². The van der Waals surface area contributed by atoms with Crippen molar-refractivity contribution in [2.75, 3.05) is 0 Å². The normalized spacial score (nSPS) is 10.7. The van der Waals surface area contributed by atoms with E-state index in [0.29, 0.717) is 6.54 Å². The van der Waals surface area contributed by atoms with Gasteiger partial charge < -0.3 is 5.32 Å². The van der Waals surface area contributed by atoms with Crippen molar-refractivity contribution in [1.29, 1.82) is 0 Å². The molecule has 2 aromatic heterocycles. The molecule has 0 spiro atoms.